The second kappa shape index (κ2) is 5.83. The highest BCUT2D eigenvalue weighted by atomic mass is 32.2. The molecule has 3 rings (SSSR count). The summed E-state index contributed by atoms with van der Waals surface area (Å²) in [6.07, 6.45) is 0. The second-order valence-electron chi connectivity index (χ2n) is 5.01. The van der Waals surface area contributed by atoms with Crippen molar-refractivity contribution in [3.05, 3.63) is 53.4 Å². The van der Waals surface area contributed by atoms with Gasteiger partial charge in [-0.25, -0.2) is 0 Å². The van der Waals surface area contributed by atoms with Gasteiger partial charge in [0, 0.05) is 21.2 Å². The molecule has 0 saturated carbocycles. The highest BCUT2D eigenvalue weighted by Crippen LogP contribution is 2.37. The van der Waals surface area contributed by atoms with Crippen LogP contribution in [0, 0.1) is 6.92 Å². The van der Waals surface area contributed by atoms with Crippen LogP contribution >= 0.6 is 11.3 Å². The summed E-state index contributed by atoms with van der Waals surface area (Å²) in [4.78, 5) is 0.225. The minimum atomic E-state index is -3.75. The molecular weight excluding hydrogens is 316 g/mol. The average Bonchev–Trinajstić information content (AvgIpc) is 2.90. The molecule has 0 saturated heterocycles. The molecule has 0 atom stereocenters. The lowest BCUT2D eigenvalue weighted by atomic mass is 10.0. The Kier molecular flexibility index (Phi) is 4.04. The van der Waals surface area contributed by atoms with Crippen LogP contribution < -0.4 is 0 Å². The van der Waals surface area contributed by atoms with Crippen LogP contribution in [-0.2, 0) is 14.3 Å². The van der Waals surface area contributed by atoms with E-state index in [1.807, 2.05) is 42.6 Å². The van der Waals surface area contributed by atoms with Gasteiger partial charge < -0.3 is 0 Å². The van der Waals surface area contributed by atoms with Gasteiger partial charge >= 0.3 is 0 Å². The molecule has 3 nitrogen and oxygen atoms in total. The first-order chi connectivity index (χ1) is 10.5. The highest BCUT2D eigenvalue weighted by Gasteiger charge is 2.21. The molecule has 1 aromatic heterocycles. The van der Waals surface area contributed by atoms with Crippen LogP contribution in [-0.4, -0.2) is 15.0 Å². The summed E-state index contributed by atoms with van der Waals surface area (Å²) in [6, 6.07) is 13.3. The fraction of sp³-hybridized carbons (Fsp3) is 0.176. The quantitative estimate of drug-likeness (QED) is 0.656. The monoisotopic (exact) mass is 332 g/mol. The van der Waals surface area contributed by atoms with E-state index in [-0.39, 0.29) is 11.5 Å². The van der Waals surface area contributed by atoms with Crippen molar-refractivity contribution in [2.75, 3.05) is 6.61 Å². The van der Waals surface area contributed by atoms with Crippen molar-refractivity contribution in [3.8, 4) is 11.1 Å². The zero-order valence-electron chi connectivity index (χ0n) is 12.4. The van der Waals surface area contributed by atoms with Crippen LogP contribution in [0.3, 0.4) is 0 Å². The molecule has 0 spiro atoms. The molecule has 0 unspecified atom stereocenters. The molecule has 2 aromatic carbocycles. The minimum Gasteiger partial charge on any atom is -0.267 e. The minimum absolute atomic E-state index is 0.125. The average molecular weight is 332 g/mol. The Hall–Kier alpha value is -1.69. The van der Waals surface area contributed by atoms with Gasteiger partial charge in [0.25, 0.3) is 10.1 Å². The van der Waals surface area contributed by atoms with Gasteiger partial charge in [-0.15, -0.1) is 11.3 Å². The van der Waals surface area contributed by atoms with E-state index in [2.05, 4.69) is 0 Å². The Morgan fingerprint density at radius 3 is 2.64 bits per heavy atom. The third-order valence-electron chi connectivity index (χ3n) is 3.45. The fourth-order valence-corrected chi connectivity index (χ4v) is 4.55. The molecule has 0 aliphatic carbocycles. The molecular formula is C17H16O3S2. The van der Waals surface area contributed by atoms with E-state index >= 15 is 0 Å². The first-order valence-electron chi connectivity index (χ1n) is 6.99. The van der Waals surface area contributed by atoms with Gasteiger partial charge in [-0.3, -0.25) is 4.18 Å². The molecule has 0 fully saturated rings. The largest absolute Gasteiger partial charge is 0.297 e. The molecule has 0 aliphatic rings. The normalized spacial score (nSPS) is 11.9. The first-order valence-corrected chi connectivity index (χ1v) is 9.28. The molecule has 0 amide bonds. The third kappa shape index (κ3) is 2.67. The number of thiophene rings is 1. The van der Waals surface area contributed by atoms with Crippen molar-refractivity contribution in [3.63, 3.8) is 0 Å². The van der Waals surface area contributed by atoms with Crippen molar-refractivity contribution >= 4 is 31.5 Å². The Bertz CT molecular complexity index is 924. The van der Waals surface area contributed by atoms with E-state index in [4.69, 9.17) is 4.18 Å². The Labute approximate surface area is 134 Å². The topological polar surface area (TPSA) is 43.4 Å². The van der Waals surface area contributed by atoms with E-state index in [0.717, 1.165) is 21.2 Å². The number of fused-ring (bicyclic) bond motifs is 1. The number of benzene rings is 2. The van der Waals surface area contributed by atoms with Gasteiger partial charge in [0.2, 0.25) is 0 Å². The zero-order valence-corrected chi connectivity index (χ0v) is 14.0. The zero-order chi connectivity index (χ0) is 15.7. The van der Waals surface area contributed by atoms with Gasteiger partial charge in [-0.2, -0.15) is 8.42 Å². The molecule has 0 aliphatic heterocycles. The fourth-order valence-electron chi connectivity index (χ4n) is 2.48. The van der Waals surface area contributed by atoms with Crippen molar-refractivity contribution in [1.82, 2.24) is 0 Å². The summed E-state index contributed by atoms with van der Waals surface area (Å²) < 4.78 is 30.9. The van der Waals surface area contributed by atoms with Gasteiger partial charge in [-0.05, 0) is 37.4 Å². The Balaban J connectivity index is 2.29. The number of aryl methyl sites for hydroxylation is 1. The standard InChI is InChI=1S/C17H16O3S2/c1-3-20-22(18,19)17-9-8-12(2)10-14(17)15-11-21-16-7-5-4-6-13(15)16/h4-11H,3H2,1-2H3. The van der Waals surface area contributed by atoms with Crippen molar-refractivity contribution in [2.24, 2.45) is 0 Å². The van der Waals surface area contributed by atoms with Crippen LogP contribution in [0.25, 0.3) is 21.2 Å². The van der Waals surface area contributed by atoms with Gasteiger partial charge in [0.05, 0.1) is 6.61 Å². The summed E-state index contributed by atoms with van der Waals surface area (Å²) in [5, 5.41) is 3.07. The van der Waals surface area contributed by atoms with Crippen LogP contribution in [0.15, 0.2) is 52.7 Å². The van der Waals surface area contributed by atoms with Crippen LogP contribution in [0.5, 0.6) is 0 Å². The lowest BCUT2D eigenvalue weighted by Gasteiger charge is -2.10. The predicted octanol–water partition coefficient (Wildman–Crippen LogP) is 4.60. The van der Waals surface area contributed by atoms with E-state index in [1.54, 1.807) is 30.4 Å². The SMILES string of the molecule is CCOS(=O)(=O)c1ccc(C)cc1-c1csc2ccccc12. The summed E-state index contributed by atoms with van der Waals surface area (Å²) in [6.45, 7) is 3.75. The lowest BCUT2D eigenvalue weighted by Crippen LogP contribution is -2.07. The summed E-state index contributed by atoms with van der Waals surface area (Å²) in [7, 11) is -3.75. The molecule has 3 aromatic rings. The third-order valence-corrected chi connectivity index (χ3v) is 5.85. The molecule has 0 bridgehead atoms. The molecule has 0 radical (unpaired) electrons. The molecule has 22 heavy (non-hydrogen) atoms. The van der Waals surface area contributed by atoms with E-state index < -0.39 is 10.1 Å². The summed E-state index contributed by atoms with van der Waals surface area (Å²) >= 11 is 1.61. The van der Waals surface area contributed by atoms with Crippen LogP contribution in [0.1, 0.15) is 12.5 Å². The summed E-state index contributed by atoms with van der Waals surface area (Å²) in [5.41, 5.74) is 2.65. The maximum absolute atomic E-state index is 12.4. The number of rotatable bonds is 4. The Morgan fingerprint density at radius 1 is 1.09 bits per heavy atom. The maximum Gasteiger partial charge on any atom is 0.297 e. The molecule has 0 N–H and O–H groups in total. The lowest BCUT2D eigenvalue weighted by molar-refractivity contribution is 0.338. The van der Waals surface area contributed by atoms with E-state index in [0.29, 0.717) is 5.56 Å². The van der Waals surface area contributed by atoms with E-state index in [1.165, 1.54) is 0 Å². The Morgan fingerprint density at radius 2 is 1.86 bits per heavy atom. The number of hydrogen-bond donors (Lipinski definition) is 0. The van der Waals surface area contributed by atoms with Gasteiger partial charge in [0.1, 0.15) is 4.90 Å². The van der Waals surface area contributed by atoms with Gasteiger partial charge in [0.15, 0.2) is 0 Å². The maximum atomic E-state index is 12.4. The molecule has 5 heteroatoms. The number of hydrogen-bond acceptors (Lipinski definition) is 4. The van der Waals surface area contributed by atoms with Crippen LogP contribution in [0.2, 0.25) is 0 Å². The highest BCUT2D eigenvalue weighted by molar-refractivity contribution is 7.87. The molecule has 114 valence electrons. The van der Waals surface area contributed by atoms with Crippen molar-refractivity contribution in [1.29, 1.82) is 0 Å². The van der Waals surface area contributed by atoms with Crippen molar-refractivity contribution in [2.45, 2.75) is 18.7 Å². The first kappa shape index (κ1) is 15.2. The smallest absolute Gasteiger partial charge is 0.267 e. The predicted molar refractivity (Wildman–Crippen MR) is 90.8 cm³/mol. The van der Waals surface area contributed by atoms with Gasteiger partial charge in [-0.1, -0.05) is 29.8 Å². The molecule has 1 heterocycles. The van der Waals surface area contributed by atoms with Crippen LogP contribution in [0.4, 0.5) is 0 Å². The second-order valence-corrected chi connectivity index (χ2v) is 7.50. The summed E-state index contributed by atoms with van der Waals surface area (Å²) in [5.74, 6) is 0. The van der Waals surface area contributed by atoms with E-state index in [9.17, 15) is 8.42 Å². The van der Waals surface area contributed by atoms with Crippen molar-refractivity contribution < 1.29 is 12.6 Å².